The first kappa shape index (κ1) is 12.0. The van der Waals surface area contributed by atoms with E-state index in [-0.39, 0.29) is 24.3 Å². The summed E-state index contributed by atoms with van der Waals surface area (Å²) in [5, 5.41) is 22.5. The first-order valence-corrected chi connectivity index (χ1v) is 5.60. The molecule has 0 amide bonds. The number of aliphatic hydroxyl groups excluding tert-OH is 2. The Balaban J connectivity index is 2.39. The predicted molar refractivity (Wildman–Crippen MR) is 56.8 cm³/mol. The van der Waals surface area contributed by atoms with Crippen LogP contribution in [0, 0.1) is 6.42 Å². The van der Waals surface area contributed by atoms with E-state index in [2.05, 4.69) is 5.32 Å². The molecule has 0 bridgehead atoms. The highest BCUT2D eigenvalue weighted by atomic mass is 16.3. The second-order valence-corrected chi connectivity index (χ2v) is 4.19. The normalized spacial score (nSPS) is 32.6. The molecule has 3 nitrogen and oxygen atoms in total. The molecule has 4 atom stereocenters. The quantitative estimate of drug-likeness (QED) is 0.630. The molecule has 0 saturated heterocycles. The highest BCUT2D eigenvalue weighted by Gasteiger charge is 2.26. The Kier molecular flexibility index (Phi) is 4.85. The molecule has 3 heteroatoms. The Bertz CT molecular complexity index is 161. The van der Waals surface area contributed by atoms with Crippen molar-refractivity contribution in [2.24, 2.45) is 0 Å². The lowest BCUT2D eigenvalue weighted by molar-refractivity contribution is 0.0883. The van der Waals surface area contributed by atoms with Crippen molar-refractivity contribution in [3.05, 3.63) is 6.42 Å². The van der Waals surface area contributed by atoms with Gasteiger partial charge in [-0.1, -0.05) is 13.3 Å². The Morgan fingerprint density at radius 2 is 2.29 bits per heavy atom. The van der Waals surface area contributed by atoms with Gasteiger partial charge in [0.15, 0.2) is 0 Å². The fraction of sp³-hybridized carbons (Fsp3) is 0.909. The molecule has 1 aliphatic carbocycles. The van der Waals surface area contributed by atoms with E-state index < -0.39 is 0 Å². The summed E-state index contributed by atoms with van der Waals surface area (Å²) in [6.45, 7) is 3.84. The second-order valence-electron chi connectivity index (χ2n) is 4.19. The van der Waals surface area contributed by atoms with Crippen molar-refractivity contribution in [1.82, 2.24) is 5.32 Å². The van der Waals surface area contributed by atoms with Gasteiger partial charge in [-0.2, -0.15) is 0 Å². The summed E-state index contributed by atoms with van der Waals surface area (Å²) in [5.74, 6) is 0. The standard InChI is InChI=1S/C11H22NO2/c1-3-9(8(2)13)12-10-6-4-5-7-11(10)14/h7-14H,3-6H2,1-2H3. The third-order valence-electron chi connectivity index (χ3n) is 2.99. The molecule has 0 aromatic carbocycles. The Labute approximate surface area is 86.5 Å². The van der Waals surface area contributed by atoms with Gasteiger partial charge in [0.25, 0.3) is 0 Å². The van der Waals surface area contributed by atoms with E-state index in [0.717, 1.165) is 25.7 Å². The van der Waals surface area contributed by atoms with Crippen LogP contribution in [0.1, 0.15) is 39.5 Å². The molecule has 1 fully saturated rings. The molecule has 0 aromatic heterocycles. The van der Waals surface area contributed by atoms with Crippen LogP contribution in [-0.2, 0) is 0 Å². The van der Waals surface area contributed by atoms with Crippen LogP contribution in [0.2, 0.25) is 0 Å². The van der Waals surface area contributed by atoms with Gasteiger partial charge in [0.05, 0.1) is 12.2 Å². The maximum atomic E-state index is 9.70. The summed E-state index contributed by atoms with van der Waals surface area (Å²) in [6, 6.07) is 0.226. The van der Waals surface area contributed by atoms with Gasteiger partial charge >= 0.3 is 0 Å². The van der Waals surface area contributed by atoms with E-state index in [4.69, 9.17) is 0 Å². The van der Waals surface area contributed by atoms with Crippen LogP contribution in [0.15, 0.2) is 0 Å². The van der Waals surface area contributed by atoms with Gasteiger partial charge in [0, 0.05) is 12.1 Å². The van der Waals surface area contributed by atoms with Crippen LogP contribution in [0.25, 0.3) is 0 Å². The van der Waals surface area contributed by atoms with Crippen molar-refractivity contribution in [1.29, 1.82) is 0 Å². The molecule has 0 aromatic rings. The maximum Gasteiger partial charge on any atom is 0.0724 e. The zero-order valence-corrected chi connectivity index (χ0v) is 9.11. The van der Waals surface area contributed by atoms with Gasteiger partial charge in [0.2, 0.25) is 0 Å². The number of nitrogens with one attached hydrogen (secondary N) is 1. The maximum absolute atomic E-state index is 9.70. The molecular weight excluding hydrogens is 178 g/mol. The van der Waals surface area contributed by atoms with Crippen LogP contribution >= 0.6 is 0 Å². The average Bonchev–Trinajstić information content (AvgIpc) is 2.16. The molecule has 1 saturated carbocycles. The number of aliphatic hydroxyl groups is 2. The molecule has 83 valence electrons. The van der Waals surface area contributed by atoms with E-state index in [1.807, 2.05) is 13.3 Å². The number of hydrogen-bond acceptors (Lipinski definition) is 3. The van der Waals surface area contributed by atoms with Crippen LogP contribution in [0.5, 0.6) is 0 Å². The zero-order chi connectivity index (χ0) is 10.6. The van der Waals surface area contributed by atoms with Crippen LogP contribution in [0.4, 0.5) is 0 Å². The number of hydrogen-bond donors (Lipinski definition) is 3. The van der Waals surface area contributed by atoms with Gasteiger partial charge in [-0.15, -0.1) is 0 Å². The minimum atomic E-state index is -0.353. The fourth-order valence-electron chi connectivity index (χ4n) is 2.02. The van der Waals surface area contributed by atoms with Crippen LogP contribution in [-0.4, -0.2) is 34.5 Å². The molecule has 1 aliphatic rings. The van der Waals surface area contributed by atoms with Gasteiger partial charge in [0.1, 0.15) is 0 Å². The van der Waals surface area contributed by atoms with Crippen LogP contribution in [0.3, 0.4) is 0 Å². The van der Waals surface area contributed by atoms with E-state index in [9.17, 15) is 10.2 Å². The van der Waals surface area contributed by atoms with Crippen molar-refractivity contribution in [3.63, 3.8) is 0 Å². The topological polar surface area (TPSA) is 52.5 Å². The first-order valence-electron chi connectivity index (χ1n) is 5.60. The molecule has 0 spiro atoms. The second kappa shape index (κ2) is 5.69. The molecule has 1 radical (unpaired) electrons. The fourth-order valence-corrected chi connectivity index (χ4v) is 2.02. The third-order valence-corrected chi connectivity index (χ3v) is 2.99. The van der Waals surface area contributed by atoms with Crippen molar-refractivity contribution in [2.45, 2.75) is 63.8 Å². The molecule has 1 rings (SSSR count). The van der Waals surface area contributed by atoms with E-state index in [1.165, 1.54) is 0 Å². The van der Waals surface area contributed by atoms with Gasteiger partial charge in [-0.25, -0.2) is 0 Å². The van der Waals surface area contributed by atoms with Crippen molar-refractivity contribution >= 4 is 0 Å². The lowest BCUT2D eigenvalue weighted by Gasteiger charge is -2.32. The largest absolute Gasteiger partial charge is 0.392 e. The van der Waals surface area contributed by atoms with E-state index >= 15 is 0 Å². The molecular formula is C11H22NO2. The smallest absolute Gasteiger partial charge is 0.0724 e. The molecule has 14 heavy (non-hydrogen) atoms. The minimum absolute atomic E-state index is 0.0983. The highest BCUT2D eigenvalue weighted by molar-refractivity contribution is 4.93. The lowest BCUT2D eigenvalue weighted by atomic mass is 9.91. The Hall–Kier alpha value is -0.120. The van der Waals surface area contributed by atoms with E-state index in [0.29, 0.717) is 0 Å². The van der Waals surface area contributed by atoms with Gasteiger partial charge in [-0.3, -0.25) is 0 Å². The van der Waals surface area contributed by atoms with Gasteiger partial charge in [-0.05, 0) is 32.6 Å². The monoisotopic (exact) mass is 200 g/mol. The first-order chi connectivity index (χ1) is 6.65. The molecule has 3 N–H and O–H groups in total. The SMILES string of the molecule is CCC(NC1CCC[CH]C1O)C(C)O. The summed E-state index contributed by atoms with van der Waals surface area (Å²) in [5.41, 5.74) is 0. The summed E-state index contributed by atoms with van der Waals surface area (Å²) in [6.07, 6.45) is 5.28. The summed E-state index contributed by atoms with van der Waals surface area (Å²) in [4.78, 5) is 0. The van der Waals surface area contributed by atoms with Crippen LogP contribution < -0.4 is 5.32 Å². The highest BCUT2D eigenvalue weighted by Crippen LogP contribution is 2.18. The lowest BCUT2D eigenvalue weighted by Crippen LogP contribution is -2.50. The van der Waals surface area contributed by atoms with Gasteiger partial charge < -0.3 is 15.5 Å². The van der Waals surface area contributed by atoms with Crippen molar-refractivity contribution < 1.29 is 10.2 Å². The average molecular weight is 200 g/mol. The molecule has 4 unspecified atom stereocenters. The Morgan fingerprint density at radius 1 is 1.57 bits per heavy atom. The number of rotatable bonds is 4. The van der Waals surface area contributed by atoms with Crippen molar-refractivity contribution in [2.75, 3.05) is 0 Å². The summed E-state index contributed by atoms with van der Waals surface area (Å²) >= 11 is 0. The third kappa shape index (κ3) is 3.23. The summed E-state index contributed by atoms with van der Waals surface area (Å²) in [7, 11) is 0. The zero-order valence-electron chi connectivity index (χ0n) is 9.11. The molecule has 0 aliphatic heterocycles. The van der Waals surface area contributed by atoms with E-state index in [1.54, 1.807) is 6.92 Å². The van der Waals surface area contributed by atoms with Crippen molar-refractivity contribution in [3.8, 4) is 0 Å². The minimum Gasteiger partial charge on any atom is -0.392 e. The predicted octanol–water partition coefficient (Wildman–Crippen LogP) is 0.853. The summed E-state index contributed by atoms with van der Waals surface area (Å²) < 4.78 is 0. The Morgan fingerprint density at radius 3 is 2.79 bits per heavy atom. The molecule has 0 heterocycles.